The Balaban J connectivity index is 3.49. The predicted octanol–water partition coefficient (Wildman–Crippen LogP) is 2.31. The molecule has 48 valence electrons. The molecule has 1 rings (SSSR count). The van der Waals surface area contributed by atoms with Crippen molar-refractivity contribution in [1.82, 2.24) is 4.98 Å². The Morgan fingerprint density at radius 2 is 2.78 bits per heavy atom. The second-order valence-electron chi connectivity index (χ2n) is 1.23. The largest absolute Gasteiger partial charge is 0.258 e. The third-order valence-electron chi connectivity index (χ3n) is 0.651. The summed E-state index contributed by atoms with van der Waals surface area (Å²) in [6, 6.07) is -0.901. The first kappa shape index (κ1) is 2.66. The van der Waals surface area contributed by atoms with Crippen LogP contribution in [-0.4, -0.2) is 4.98 Å². The normalized spacial score (nSPS) is 19.1. The van der Waals surface area contributed by atoms with Crippen LogP contribution >= 0.6 is 15.9 Å². The molecular formula is C6H5BrFN. The first-order valence-electron chi connectivity index (χ1n) is 4.58. The van der Waals surface area contributed by atoms with Gasteiger partial charge in [-0.1, -0.05) is 15.9 Å². The monoisotopic (exact) mass is 194 g/mol. The number of rotatable bonds is 1. The fraction of sp³-hybridized carbons (Fsp3) is 0.167. The average Bonchev–Trinajstić information content (AvgIpc) is 2.06. The van der Waals surface area contributed by atoms with E-state index in [0.717, 1.165) is 0 Å². The van der Waals surface area contributed by atoms with Crippen LogP contribution in [-0.2, 0) is 6.63 Å². The van der Waals surface area contributed by atoms with E-state index in [9.17, 15) is 4.39 Å². The molecule has 0 aliphatic heterocycles. The van der Waals surface area contributed by atoms with E-state index in [-0.39, 0.29) is 10.5 Å². The molecule has 0 N–H and O–H groups in total. The van der Waals surface area contributed by atoms with Crippen LogP contribution in [0.5, 0.6) is 0 Å². The summed E-state index contributed by atoms with van der Waals surface area (Å²) in [6.07, 6.45) is -0.565. The lowest BCUT2D eigenvalue weighted by molar-refractivity contribution is 0.476. The highest BCUT2D eigenvalue weighted by Gasteiger charge is 1.91. The Hall–Kier alpha value is -0.440. The Kier molecular flexibility index (Phi) is 0.862. The summed E-state index contributed by atoms with van der Waals surface area (Å²) in [5, 5.41) is 0. The minimum Gasteiger partial charge on any atom is -0.258 e. The molecule has 1 nitrogen and oxygen atoms in total. The molecule has 0 aromatic carbocycles. The van der Waals surface area contributed by atoms with E-state index in [2.05, 4.69) is 20.9 Å². The second kappa shape index (κ2) is 2.92. The minimum atomic E-state index is -3.27. The van der Waals surface area contributed by atoms with Crippen LogP contribution in [0, 0.1) is 0 Å². The van der Waals surface area contributed by atoms with E-state index < -0.39 is 24.5 Å². The third-order valence-corrected chi connectivity index (χ3v) is 1.05. The van der Waals surface area contributed by atoms with Gasteiger partial charge in [-0.15, -0.1) is 0 Å². The third kappa shape index (κ3) is 1.75. The van der Waals surface area contributed by atoms with Crippen molar-refractivity contribution in [3.63, 3.8) is 0 Å². The number of hydrogen-bond donors (Lipinski definition) is 0. The van der Waals surface area contributed by atoms with Crippen LogP contribution in [0.1, 0.15) is 12.5 Å². The number of hydrogen-bond acceptors (Lipinski definition) is 1. The Labute approximate surface area is 68.1 Å². The Morgan fingerprint density at radius 3 is 3.44 bits per heavy atom. The molecule has 0 atom stereocenters. The summed E-state index contributed by atoms with van der Waals surface area (Å²) in [5.41, 5.74) is -0.787. The highest BCUT2D eigenvalue weighted by Crippen LogP contribution is 2.09. The maximum atomic E-state index is 12.9. The molecule has 0 fully saturated rings. The van der Waals surface area contributed by atoms with Crippen LogP contribution in [0.25, 0.3) is 0 Å². The van der Waals surface area contributed by atoms with Gasteiger partial charge in [0.05, 0.1) is 12.5 Å². The Bertz CT molecular complexity index is 377. The van der Waals surface area contributed by atoms with E-state index in [0.29, 0.717) is 0 Å². The standard InChI is InChI=1S/C6H5BrFN/c7-5-1-2-9-6(3-5)4-8/h1-3H,4H2/i1D,2D,3D,4D2. The van der Waals surface area contributed by atoms with Gasteiger partial charge >= 0.3 is 0 Å². The van der Waals surface area contributed by atoms with Crippen LogP contribution in [0.2, 0.25) is 0 Å². The molecule has 0 unspecified atom stereocenters. The van der Waals surface area contributed by atoms with E-state index in [1.165, 1.54) is 0 Å². The van der Waals surface area contributed by atoms with Gasteiger partial charge in [-0.05, 0) is 12.1 Å². The maximum Gasteiger partial charge on any atom is 0.131 e. The SMILES string of the molecule is [2H]c1nc(C([2H])([2H])F)c([2H])c(Br)c1[2H]. The first-order chi connectivity index (χ1) is 6.25. The molecule has 3 heteroatoms. The van der Waals surface area contributed by atoms with Crippen LogP contribution in [0.3, 0.4) is 0 Å². The van der Waals surface area contributed by atoms with Crippen LogP contribution in [0.15, 0.2) is 22.7 Å². The average molecular weight is 195 g/mol. The molecular weight excluding hydrogens is 185 g/mol. The molecule has 0 saturated heterocycles. The predicted molar refractivity (Wildman–Crippen MR) is 36.7 cm³/mol. The molecule has 0 bridgehead atoms. The first-order valence-corrected chi connectivity index (χ1v) is 2.87. The number of alkyl halides is 1. The zero-order valence-corrected chi connectivity index (χ0v) is 5.79. The molecule has 0 aliphatic carbocycles. The summed E-state index contributed by atoms with van der Waals surface area (Å²) in [5.74, 6) is 0. The molecule has 1 aromatic heterocycles. The summed E-state index contributed by atoms with van der Waals surface area (Å²) < 4.78 is 47.8. The topological polar surface area (TPSA) is 12.9 Å². The molecule has 0 amide bonds. The summed E-state index contributed by atoms with van der Waals surface area (Å²) in [7, 11) is 0. The van der Waals surface area contributed by atoms with E-state index >= 15 is 0 Å². The van der Waals surface area contributed by atoms with E-state index in [4.69, 9.17) is 6.85 Å². The highest BCUT2D eigenvalue weighted by atomic mass is 79.9. The van der Waals surface area contributed by atoms with Gasteiger partial charge in [-0.2, -0.15) is 0 Å². The fourth-order valence-electron chi connectivity index (χ4n) is 0.341. The van der Waals surface area contributed by atoms with Crippen LogP contribution < -0.4 is 0 Å². The number of aromatic nitrogens is 1. The van der Waals surface area contributed by atoms with Crippen molar-refractivity contribution in [2.45, 2.75) is 6.63 Å². The van der Waals surface area contributed by atoms with E-state index in [1.807, 2.05) is 0 Å². The van der Waals surface area contributed by atoms with Crippen molar-refractivity contribution in [1.29, 1.82) is 0 Å². The summed E-state index contributed by atoms with van der Waals surface area (Å²) >= 11 is 2.80. The molecule has 0 aliphatic rings. The molecule has 0 spiro atoms. The maximum absolute atomic E-state index is 12.9. The van der Waals surface area contributed by atoms with Crippen molar-refractivity contribution >= 4 is 15.9 Å². The van der Waals surface area contributed by atoms with Gasteiger partial charge < -0.3 is 0 Å². The number of halogens is 2. The lowest BCUT2D eigenvalue weighted by Crippen LogP contribution is -1.82. The summed E-state index contributed by atoms with van der Waals surface area (Å²) in [6.45, 7) is -3.27. The summed E-state index contributed by atoms with van der Waals surface area (Å²) in [4.78, 5) is 3.22. The van der Waals surface area contributed by atoms with Gasteiger partial charge in [0.1, 0.15) is 6.63 Å². The van der Waals surface area contributed by atoms with Gasteiger partial charge in [-0.3, -0.25) is 4.98 Å². The number of nitrogens with zero attached hydrogens (tertiary/aromatic N) is 1. The molecule has 1 heterocycles. The van der Waals surface area contributed by atoms with Gasteiger partial charge in [0.2, 0.25) is 0 Å². The second-order valence-corrected chi connectivity index (χ2v) is 2.02. The van der Waals surface area contributed by atoms with Gasteiger partial charge in [0, 0.05) is 10.6 Å². The van der Waals surface area contributed by atoms with Crippen molar-refractivity contribution < 1.29 is 11.2 Å². The van der Waals surface area contributed by atoms with Crippen molar-refractivity contribution in [2.24, 2.45) is 0 Å². The van der Waals surface area contributed by atoms with Crippen LogP contribution in [0.4, 0.5) is 4.39 Å². The molecule has 0 saturated carbocycles. The zero-order valence-electron chi connectivity index (χ0n) is 9.20. The molecule has 0 radical (unpaired) electrons. The smallest absolute Gasteiger partial charge is 0.131 e. The van der Waals surface area contributed by atoms with Gasteiger partial charge in [-0.25, -0.2) is 4.39 Å². The minimum absolute atomic E-state index is 0.131. The molecule has 9 heavy (non-hydrogen) atoms. The fourth-order valence-corrected chi connectivity index (χ4v) is 0.617. The van der Waals surface area contributed by atoms with Crippen molar-refractivity contribution in [3.05, 3.63) is 28.4 Å². The van der Waals surface area contributed by atoms with E-state index in [1.54, 1.807) is 0 Å². The molecule has 1 aromatic rings. The highest BCUT2D eigenvalue weighted by molar-refractivity contribution is 9.10. The van der Waals surface area contributed by atoms with Gasteiger partial charge in [0.15, 0.2) is 0 Å². The zero-order chi connectivity index (χ0) is 11.1. The van der Waals surface area contributed by atoms with Gasteiger partial charge in [0.25, 0.3) is 0 Å². The number of pyridine rings is 1. The Morgan fingerprint density at radius 1 is 2.00 bits per heavy atom. The van der Waals surface area contributed by atoms with Crippen molar-refractivity contribution in [3.8, 4) is 0 Å². The lowest BCUT2D eigenvalue weighted by Gasteiger charge is -1.91. The quantitative estimate of drug-likeness (QED) is 0.669. The lowest BCUT2D eigenvalue weighted by atomic mass is 10.4. The van der Waals surface area contributed by atoms with Crippen molar-refractivity contribution in [2.75, 3.05) is 0 Å².